The molecule has 0 aliphatic rings. The second-order valence-corrected chi connectivity index (χ2v) is 7.70. The lowest BCUT2D eigenvalue weighted by Gasteiger charge is -2.07. The van der Waals surface area contributed by atoms with Crippen LogP contribution in [0.5, 0.6) is 0 Å². The normalized spacial score (nSPS) is 11.7. The smallest absolute Gasteiger partial charge is 0.246 e. The van der Waals surface area contributed by atoms with Crippen LogP contribution in [-0.4, -0.2) is 24.6 Å². The molecule has 0 aliphatic carbocycles. The van der Waals surface area contributed by atoms with Gasteiger partial charge in [-0.25, -0.2) is 8.42 Å². The van der Waals surface area contributed by atoms with Crippen molar-refractivity contribution in [1.29, 1.82) is 0 Å². The molecular formula is C18H17NO3S. The maximum absolute atomic E-state index is 12.5. The van der Waals surface area contributed by atoms with Crippen molar-refractivity contribution < 1.29 is 13.2 Å². The molecule has 0 atom stereocenters. The predicted molar refractivity (Wildman–Crippen MR) is 90.5 cm³/mol. The van der Waals surface area contributed by atoms with Crippen LogP contribution < -0.4 is 0 Å². The molecule has 0 fully saturated rings. The highest BCUT2D eigenvalue weighted by atomic mass is 32.2. The van der Waals surface area contributed by atoms with Gasteiger partial charge in [-0.05, 0) is 43.7 Å². The van der Waals surface area contributed by atoms with Crippen molar-refractivity contribution in [2.75, 3.05) is 5.75 Å². The summed E-state index contributed by atoms with van der Waals surface area (Å²) < 4.78 is 26.2. The van der Waals surface area contributed by atoms with E-state index in [0.29, 0.717) is 0 Å². The van der Waals surface area contributed by atoms with Crippen LogP contribution in [0.4, 0.5) is 0 Å². The number of hydrogen-bond acceptors (Lipinski definition) is 3. The largest absolute Gasteiger partial charge is 0.286 e. The molecule has 0 saturated carbocycles. The third kappa shape index (κ3) is 3.05. The minimum Gasteiger partial charge on any atom is -0.286 e. The van der Waals surface area contributed by atoms with Gasteiger partial charge >= 0.3 is 0 Å². The SMILES string of the molecule is Cc1ccc(S(=O)(=O)CC(=O)n2ccc3ccc(C)cc32)cc1. The van der Waals surface area contributed by atoms with Crippen molar-refractivity contribution in [3.05, 3.63) is 65.9 Å². The summed E-state index contributed by atoms with van der Waals surface area (Å²) in [4.78, 5) is 12.6. The number of aryl methyl sites for hydroxylation is 2. The van der Waals surface area contributed by atoms with E-state index in [0.717, 1.165) is 22.0 Å². The summed E-state index contributed by atoms with van der Waals surface area (Å²) in [7, 11) is -3.65. The fourth-order valence-electron chi connectivity index (χ4n) is 2.52. The number of aromatic nitrogens is 1. The van der Waals surface area contributed by atoms with E-state index in [1.807, 2.05) is 38.1 Å². The van der Waals surface area contributed by atoms with Crippen molar-refractivity contribution in [3.63, 3.8) is 0 Å². The molecule has 2 aromatic carbocycles. The first kappa shape index (κ1) is 15.5. The van der Waals surface area contributed by atoms with E-state index in [1.54, 1.807) is 18.3 Å². The Morgan fingerprint density at radius 3 is 2.30 bits per heavy atom. The Balaban J connectivity index is 1.94. The second-order valence-electron chi connectivity index (χ2n) is 5.71. The van der Waals surface area contributed by atoms with E-state index in [2.05, 4.69) is 0 Å². The van der Waals surface area contributed by atoms with Crippen molar-refractivity contribution in [3.8, 4) is 0 Å². The molecule has 1 heterocycles. The standard InChI is InChI=1S/C18H17NO3S/c1-13-4-7-16(8-5-13)23(21,22)12-18(20)19-10-9-15-6-3-14(2)11-17(15)19/h3-11H,12H2,1-2H3. The maximum Gasteiger partial charge on any atom is 0.246 e. The summed E-state index contributed by atoms with van der Waals surface area (Å²) in [6, 6.07) is 14.1. The van der Waals surface area contributed by atoms with E-state index in [-0.39, 0.29) is 4.90 Å². The fourth-order valence-corrected chi connectivity index (χ4v) is 3.70. The van der Waals surface area contributed by atoms with Crippen LogP contribution in [0.3, 0.4) is 0 Å². The quantitative estimate of drug-likeness (QED) is 0.741. The van der Waals surface area contributed by atoms with Gasteiger partial charge in [0.1, 0.15) is 5.75 Å². The van der Waals surface area contributed by atoms with Crippen LogP contribution in [0.25, 0.3) is 10.9 Å². The number of carbonyl (C=O) groups excluding carboxylic acids is 1. The van der Waals surface area contributed by atoms with Gasteiger partial charge in [-0.3, -0.25) is 9.36 Å². The molecule has 3 aromatic rings. The number of sulfone groups is 1. The highest BCUT2D eigenvalue weighted by Crippen LogP contribution is 2.19. The number of nitrogens with zero attached hydrogens (tertiary/aromatic N) is 1. The number of fused-ring (bicyclic) bond motifs is 1. The van der Waals surface area contributed by atoms with Gasteiger partial charge in [0.15, 0.2) is 9.84 Å². The zero-order chi connectivity index (χ0) is 16.6. The van der Waals surface area contributed by atoms with Crippen molar-refractivity contribution in [2.45, 2.75) is 18.7 Å². The molecule has 0 spiro atoms. The lowest BCUT2D eigenvalue weighted by Crippen LogP contribution is -2.21. The van der Waals surface area contributed by atoms with Crippen LogP contribution in [0.2, 0.25) is 0 Å². The molecule has 0 N–H and O–H groups in total. The van der Waals surface area contributed by atoms with Gasteiger partial charge < -0.3 is 0 Å². The van der Waals surface area contributed by atoms with Crippen molar-refractivity contribution >= 4 is 26.6 Å². The molecule has 118 valence electrons. The lowest BCUT2D eigenvalue weighted by molar-refractivity contribution is 0.0945. The molecule has 0 bridgehead atoms. The van der Waals surface area contributed by atoms with Gasteiger partial charge in [0.25, 0.3) is 0 Å². The molecule has 0 aliphatic heterocycles. The maximum atomic E-state index is 12.5. The Hall–Kier alpha value is -2.40. The molecule has 0 saturated heterocycles. The molecule has 3 rings (SSSR count). The van der Waals surface area contributed by atoms with Crippen molar-refractivity contribution in [2.24, 2.45) is 0 Å². The van der Waals surface area contributed by atoms with E-state index in [9.17, 15) is 13.2 Å². The zero-order valence-corrected chi connectivity index (χ0v) is 13.8. The van der Waals surface area contributed by atoms with Crippen LogP contribution in [0, 0.1) is 13.8 Å². The predicted octanol–water partition coefficient (Wildman–Crippen LogP) is 3.37. The Morgan fingerprint density at radius 1 is 0.957 bits per heavy atom. The number of carbonyl (C=O) groups is 1. The van der Waals surface area contributed by atoms with E-state index in [4.69, 9.17) is 0 Å². The minimum atomic E-state index is -3.65. The second kappa shape index (κ2) is 5.66. The Kier molecular flexibility index (Phi) is 3.82. The number of rotatable bonds is 3. The van der Waals surface area contributed by atoms with Gasteiger partial charge in [0.2, 0.25) is 5.91 Å². The third-order valence-electron chi connectivity index (χ3n) is 3.81. The highest BCUT2D eigenvalue weighted by Gasteiger charge is 2.21. The van der Waals surface area contributed by atoms with Crippen LogP contribution >= 0.6 is 0 Å². The van der Waals surface area contributed by atoms with E-state index in [1.165, 1.54) is 16.7 Å². The summed E-state index contributed by atoms with van der Waals surface area (Å²) in [6.45, 7) is 3.82. The molecule has 23 heavy (non-hydrogen) atoms. The summed E-state index contributed by atoms with van der Waals surface area (Å²) in [5.41, 5.74) is 2.72. The topological polar surface area (TPSA) is 56.1 Å². The monoisotopic (exact) mass is 327 g/mol. The average Bonchev–Trinajstić information content (AvgIpc) is 2.90. The molecule has 5 heteroatoms. The first-order valence-electron chi connectivity index (χ1n) is 7.27. The Labute approximate surface area is 135 Å². The summed E-state index contributed by atoms with van der Waals surface area (Å²) in [5.74, 6) is -1.00. The molecule has 0 amide bonds. The first-order chi connectivity index (χ1) is 10.9. The molecule has 4 nitrogen and oxygen atoms in total. The molecule has 0 unspecified atom stereocenters. The number of hydrogen-bond donors (Lipinski definition) is 0. The lowest BCUT2D eigenvalue weighted by atomic mass is 10.2. The molecule has 1 aromatic heterocycles. The molecule has 0 radical (unpaired) electrons. The van der Waals surface area contributed by atoms with Crippen LogP contribution in [0.15, 0.2) is 59.6 Å². The fraction of sp³-hybridized carbons (Fsp3) is 0.167. The summed E-state index contributed by atoms with van der Waals surface area (Å²) in [6.07, 6.45) is 1.62. The van der Waals surface area contributed by atoms with Crippen LogP contribution in [-0.2, 0) is 9.84 Å². The molecular weight excluding hydrogens is 310 g/mol. The van der Waals surface area contributed by atoms with Gasteiger partial charge in [0, 0.05) is 11.6 Å². The zero-order valence-electron chi connectivity index (χ0n) is 13.0. The van der Waals surface area contributed by atoms with Gasteiger partial charge in [0.05, 0.1) is 10.4 Å². The Morgan fingerprint density at radius 2 is 1.61 bits per heavy atom. The van der Waals surface area contributed by atoms with Crippen molar-refractivity contribution in [1.82, 2.24) is 4.57 Å². The Bertz CT molecular complexity index is 983. The average molecular weight is 327 g/mol. The summed E-state index contributed by atoms with van der Waals surface area (Å²) >= 11 is 0. The van der Waals surface area contributed by atoms with E-state index < -0.39 is 21.5 Å². The number of benzene rings is 2. The first-order valence-corrected chi connectivity index (χ1v) is 8.92. The van der Waals surface area contributed by atoms with Gasteiger partial charge in [-0.2, -0.15) is 0 Å². The van der Waals surface area contributed by atoms with Gasteiger partial charge in [-0.1, -0.05) is 29.8 Å². The van der Waals surface area contributed by atoms with E-state index >= 15 is 0 Å². The third-order valence-corrected chi connectivity index (χ3v) is 5.43. The minimum absolute atomic E-state index is 0.170. The summed E-state index contributed by atoms with van der Waals surface area (Å²) in [5, 5.41) is 0.914. The highest BCUT2D eigenvalue weighted by molar-refractivity contribution is 7.92. The van der Waals surface area contributed by atoms with Crippen LogP contribution in [0.1, 0.15) is 15.9 Å². The van der Waals surface area contributed by atoms with Gasteiger partial charge in [-0.15, -0.1) is 0 Å².